The molecule has 1 aliphatic rings. The molecule has 1 unspecified atom stereocenters. The summed E-state index contributed by atoms with van der Waals surface area (Å²) in [6.07, 6.45) is 0.831. The van der Waals surface area contributed by atoms with Gasteiger partial charge in [-0.25, -0.2) is 0 Å². The van der Waals surface area contributed by atoms with E-state index in [0.717, 1.165) is 34.5 Å². The zero-order valence-electron chi connectivity index (χ0n) is 19.7. The summed E-state index contributed by atoms with van der Waals surface area (Å²) >= 11 is 0. The van der Waals surface area contributed by atoms with Crippen LogP contribution in [0, 0.1) is 0 Å². The standard InChI is InChI=1S/C29H30N2O2/c1-29(2,3)21-13-9-20(10-14-21)28(32)31-18-17-24-23-7-5-6-8-25(23)30-26(24)27(31)19-11-15-22(33-4)16-12-19/h5-16,27,30H,17-18H2,1-4H3. The molecule has 1 N–H and O–H groups in total. The Morgan fingerprint density at radius 1 is 0.970 bits per heavy atom. The van der Waals surface area contributed by atoms with Crippen LogP contribution in [0.15, 0.2) is 72.8 Å². The highest BCUT2D eigenvalue weighted by Crippen LogP contribution is 2.39. The van der Waals surface area contributed by atoms with E-state index in [-0.39, 0.29) is 17.4 Å². The Bertz CT molecular complexity index is 1290. The number of aromatic nitrogens is 1. The minimum Gasteiger partial charge on any atom is -0.497 e. The summed E-state index contributed by atoms with van der Waals surface area (Å²) < 4.78 is 5.37. The number of hydrogen-bond acceptors (Lipinski definition) is 2. The molecule has 0 fully saturated rings. The number of aromatic amines is 1. The fourth-order valence-corrected chi connectivity index (χ4v) is 4.87. The molecule has 0 spiro atoms. The number of fused-ring (bicyclic) bond motifs is 3. The summed E-state index contributed by atoms with van der Waals surface area (Å²) in [6, 6.07) is 24.4. The van der Waals surface area contributed by atoms with E-state index >= 15 is 0 Å². The van der Waals surface area contributed by atoms with E-state index in [1.165, 1.54) is 16.5 Å². The molecule has 2 heterocycles. The fourth-order valence-electron chi connectivity index (χ4n) is 4.87. The Balaban J connectivity index is 1.59. The van der Waals surface area contributed by atoms with Gasteiger partial charge < -0.3 is 14.6 Å². The number of carbonyl (C=O) groups excluding carboxylic acids is 1. The minimum absolute atomic E-state index is 0.0532. The average molecular weight is 439 g/mol. The van der Waals surface area contributed by atoms with Gasteiger partial charge in [0.25, 0.3) is 5.91 Å². The molecule has 0 bridgehead atoms. The smallest absolute Gasteiger partial charge is 0.254 e. The van der Waals surface area contributed by atoms with Crippen molar-refractivity contribution in [3.8, 4) is 5.75 Å². The van der Waals surface area contributed by atoms with Gasteiger partial charge in [-0.05, 0) is 58.9 Å². The third-order valence-corrected chi connectivity index (χ3v) is 6.72. The first-order valence-electron chi connectivity index (χ1n) is 11.5. The lowest BCUT2D eigenvalue weighted by molar-refractivity contribution is 0.0692. The predicted molar refractivity (Wildman–Crippen MR) is 133 cm³/mol. The average Bonchev–Trinajstić information content (AvgIpc) is 3.21. The second-order valence-corrected chi connectivity index (χ2v) is 9.81. The molecule has 1 amide bonds. The van der Waals surface area contributed by atoms with Crippen LogP contribution >= 0.6 is 0 Å². The van der Waals surface area contributed by atoms with Crippen LogP contribution in [-0.2, 0) is 11.8 Å². The van der Waals surface area contributed by atoms with E-state index < -0.39 is 0 Å². The normalized spacial score (nSPS) is 16.0. The first-order valence-corrected chi connectivity index (χ1v) is 11.5. The molecular formula is C29H30N2O2. The van der Waals surface area contributed by atoms with Gasteiger partial charge in [0.15, 0.2) is 0 Å². The molecule has 33 heavy (non-hydrogen) atoms. The maximum absolute atomic E-state index is 13.8. The van der Waals surface area contributed by atoms with E-state index in [1.807, 2.05) is 35.2 Å². The topological polar surface area (TPSA) is 45.3 Å². The highest BCUT2D eigenvalue weighted by molar-refractivity contribution is 5.95. The highest BCUT2D eigenvalue weighted by atomic mass is 16.5. The summed E-state index contributed by atoms with van der Waals surface area (Å²) in [4.78, 5) is 19.4. The van der Waals surface area contributed by atoms with Gasteiger partial charge in [-0.3, -0.25) is 4.79 Å². The summed E-state index contributed by atoms with van der Waals surface area (Å²) in [5.74, 6) is 0.864. The Hall–Kier alpha value is -3.53. The van der Waals surface area contributed by atoms with E-state index in [4.69, 9.17) is 4.74 Å². The fraction of sp³-hybridized carbons (Fsp3) is 0.276. The number of nitrogens with one attached hydrogen (secondary N) is 1. The number of hydrogen-bond donors (Lipinski definition) is 1. The number of H-pyrrole nitrogens is 1. The maximum atomic E-state index is 13.8. The molecule has 0 aliphatic carbocycles. The number of rotatable bonds is 3. The molecule has 4 heteroatoms. The molecule has 5 rings (SSSR count). The van der Waals surface area contributed by atoms with E-state index in [0.29, 0.717) is 6.54 Å². The molecule has 0 saturated heterocycles. The second-order valence-electron chi connectivity index (χ2n) is 9.81. The lowest BCUT2D eigenvalue weighted by atomic mass is 9.86. The number of amides is 1. The van der Waals surface area contributed by atoms with Crippen molar-refractivity contribution < 1.29 is 9.53 Å². The van der Waals surface area contributed by atoms with E-state index in [9.17, 15) is 4.79 Å². The SMILES string of the molecule is COc1ccc(C2c3[nH]c4ccccc4c3CCN2C(=O)c2ccc(C(C)(C)C)cc2)cc1. The van der Waals surface area contributed by atoms with Crippen molar-refractivity contribution in [2.75, 3.05) is 13.7 Å². The summed E-state index contributed by atoms with van der Waals surface area (Å²) in [7, 11) is 1.67. The molecule has 1 aromatic heterocycles. The number of nitrogens with zero attached hydrogens (tertiary/aromatic N) is 1. The lowest BCUT2D eigenvalue weighted by Crippen LogP contribution is -2.40. The summed E-state index contributed by atoms with van der Waals surface area (Å²) in [6.45, 7) is 7.23. The van der Waals surface area contributed by atoms with Crippen LogP contribution in [0.25, 0.3) is 10.9 Å². The van der Waals surface area contributed by atoms with Gasteiger partial charge in [0.2, 0.25) is 0 Å². The van der Waals surface area contributed by atoms with Crippen LogP contribution in [-0.4, -0.2) is 29.4 Å². The monoisotopic (exact) mass is 438 g/mol. The van der Waals surface area contributed by atoms with Crippen molar-refractivity contribution in [3.63, 3.8) is 0 Å². The highest BCUT2D eigenvalue weighted by Gasteiger charge is 2.35. The molecule has 0 saturated carbocycles. The molecule has 1 aliphatic heterocycles. The molecule has 0 radical (unpaired) electrons. The largest absolute Gasteiger partial charge is 0.497 e. The minimum atomic E-state index is -0.179. The summed E-state index contributed by atoms with van der Waals surface area (Å²) in [5.41, 5.74) is 6.60. The van der Waals surface area contributed by atoms with Crippen molar-refractivity contribution in [1.29, 1.82) is 0 Å². The number of ether oxygens (including phenoxy) is 1. The molecule has 3 aromatic carbocycles. The Labute approximate surface area is 195 Å². The quantitative estimate of drug-likeness (QED) is 0.410. The van der Waals surface area contributed by atoms with Gasteiger partial charge >= 0.3 is 0 Å². The lowest BCUT2D eigenvalue weighted by Gasteiger charge is -2.36. The van der Waals surface area contributed by atoms with Crippen LogP contribution in [0.1, 0.15) is 59.6 Å². The zero-order valence-corrected chi connectivity index (χ0v) is 19.7. The maximum Gasteiger partial charge on any atom is 0.254 e. The van der Waals surface area contributed by atoms with Gasteiger partial charge in [0.1, 0.15) is 5.75 Å². The predicted octanol–water partition coefficient (Wildman–Crippen LogP) is 6.26. The molecule has 1 atom stereocenters. The van der Waals surface area contributed by atoms with E-state index in [1.54, 1.807) is 7.11 Å². The van der Waals surface area contributed by atoms with Crippen LogP contribution in [0.5, 0.6) is 5.75 Å². The summed E-state index contributed by atoms with van der Waals surface area (Å²) in [5, 5.41) is 1.24. The van der Waals surface area contributed by atoms with Crippen molar-refractivity contribution >= 4 is 16.8 Å². The third kappa shape index (κ3) is 3.80. The second kappa shape index (κ2) is 8.11. The number of para-hydroxylation sites is 1. The van der Waals surface area contributed by atoms with Gasteiger partial charge in [-0.1, -0.05) is 63.2 Å². The first-order chi connectivity index (χ1) is 15.9. The van der Waals surface area contributed by atoms with Gasteiger partial charge in [0, 0.05) is 28.7 Å². The van der Waals surface area contributed by atoms with Crippen molar-refractivity contribution in [2.45, 2.75) is 38.6 Å². The third-order valence-electron chi connectivity index (χ3n) is 6.72. The molecule has 168 valence electrons. The molecular weight excluding hydrogens is 408 g/mol. The molecule has 4 nitrogen and oxygen atoms in total. The molecule has 4 aromatic rings. The zero-order chi connectivity index (χ0) is 23.2. The Kier molecular flexibility index (Phi) is 5.24. The van der Waals surface area contributed by atoms with Gasteiger partial charge in [-0.2, -0.15) is 0 Å². The number of benzene rings is 3. The van der Waals surface area contributed by atoms with E-state index in [2.05, 4.69) is 68.2 Å². The van der Waals surface area contributed by atoms with Crippen molar-refractivity contribution in [2.24, 2.45) is 0 Å². The first kappa shape index (κ1) is 21.3. The number of methoxy groups -OCH3 is 1. The van der Waals surface area contributed by atoms with Gasteiger partial charge in [-0.15, -0.1) is 0 Å². The Morgan fingerprint density at radius 3 is 2.33 bits per heavy atom. The van der Waals surface area contributed by atoms with Crippen molar-refractivity contribution in [1.82, 2.24) is 9.88 Å². The van der Waals surface area contributed by atoms with Crippen LogP contribution in [0.3, 0.4) is 0 Å². The van der Waals surface area contributed by atoms with Crippen LogP contribution in [0.4, 0.5) is 0 Å². The van der Waals surface area contributed by atoms with Crippen LogP contribution < -0.4 is 4.74 Å². The Morgan fingerprint density at radius 2 is 1.67 bits per heavy atom. The number of carbonyl (C=O) groups is 1. The van der Waals surface area contributed by atoms with Crippen molar-refractivity contribution in [3.05, 3.63) is 101 Å². The van der Waals surface area contributed by atoms with Crippen LogP contribution in [0.2, 0.25) is 0 Å². The van der Waals surface area contributed by atoms with Gasteiger partial charge in [0.05, 0.1) is 13.2 Å².